The molecule has 2 rings (SSSR count). The van der Waals surface area contributed by atoms with Gasteiger partial charge in [-0.15, -0.1) is 0 Å². The number of hydrogen-bond acceptors (Lipinski definition) is 1. The van der Waals surface area contributed by atoms with E-state index >= 15 is 0 Å². The minimum absolute atomic E-state index is 0.136. The molecule has 0 spiro atoms. The van der Waals surface area contributed by atoms with Gasteiger partial charge in [0.05, 0.1) is 5.02 Å². The Hall–Kier alpha value is -1.25. The number of hydrogen-bond donors (Lipinski definition) is 1. The van der Waals surface area contributed by atoms with E-state index in [1.165, 1.54) is 6.07 Å². The predicted molar refractivity (Wildman–Crippen MR) is 74.9 cm³/mol. The number of anilines is 1. The summed E-state index contributed by atoms with van der Waals surface area (Å²) >= 11 is 11.7. The number of rotatable bonds is 3. The first-order valence-corrected chi connectivity index (χ1v) is 6.27. The van der Waals surface area contributed by atoms with Gasteiger partial charge < -0.3 is 5.32 Å². The van der Waals surface area contributed by atoms with Gasteiger partial charge in [-0.05, 0) is 30.7 Å². The van der Waals surface area contributed by atoms with Crippen molar-refractivity contribution in [2.75, 3.05) is 5.32 Å². The van der Waals surface area contributed by atoms with Crippen LogP contribution in [0.15, 0.2) is 36.4 Å². The number of nitrogens with one attached hydrogen (secondary N) is 1. The van der Waals surface area contributed by atoms with Crippen LogP contribution in [0.5, 0.6) is 0 Å². The minimum Gasteiger partial charge on any atom is -0.381 e. The Morgan fingerprint density at radius 3 is 2.50 bits per heavy atom. The highest BCUT2D eigenvalue weighted by Crippen LogP contribution is 2.24. The van der Waals surface area contributed by atoms with Crippen molar-refractivity contribution in [1.29, 1.82) is 0 Å². The van der Waals surface area contributed by atoms with E-state index in [-0.39, 0.29) is 10.8 Å². The smallest absolute Gasteiger partial charge is 0.146 e. The van der Waals surface area contributed by atoms with Gasteiger partial charge in [-0.2, -0.15) is 0 Å². The third kappa shape index (κ3) is 2.77. The molecular weight excluding hydrogens is 272 g/mol. The van der Waals surface area contributed by atoms with Gasteiger partial charge >= 0.3 is 0 Å². The largest absolute Gasteiger partial charge is 0.381 e. The third-order valence-electron chi connectivity index (χ3n) is 2.77. The van der Waals surface area contributed by atoms with Gasteiger partial charge in [0.25, 0.3) is 0 Å². The van der Waals surface area contributed by atoms with Crippen LogP contribution in [-0.4, -0.2) is 0 Å². The second-order valence-corrected chi connectivity index (χ2v) is 4.79. The van der Waals surface area contributed by atoms with Crippen LogP contribution in [0.25, 0.3) is 0 Å². The normalized spacial score (nSPS) is 10.4. The fourth-order valence-electron chi connectivity index (χ4n) is 1.67. The van der Waals surface area contributed by atoms with Crippen molar-refractivity contribution in [3.05, 3.63) is 63.4 Å². The molecule has 0 bridgehead atoms. The van der Waals surface area contributed by atoms with Crippen molar-refractivity contribution in [3.8, 4) is 0 Å². The lowest BCUT2D eigenvalue weighted by molar-refractivity contribution is 0.613. The molecule has 0 fully saturated rings. The summed E-state index contributed by atoms with van der Waals surface area (Å²) in [5.41, 5.74) is 2.37. The molecule has 18 heavy (non-hydrogen) atoms. The lowest BCUT2D eigenvalue weighted by atomic mass is 10.1. The van der Waals surface area contributed by atoms with E-state index in [2.05, 4.69) is 5.32 Å². The van der Waals surface area contributed by atoms with Crippen LogP contribution in [-0.2, 0) is 6.54 Å². The summed E-state index contributed by atoms with van der Waals surface area (Å²) in [5, 5.41) is 3.98. The zero-order valence-electron chi connectivity index (χ0n) is 9.81. The molecule has 2 aromatic rings. The molecule has 0 saturated heterocycles. The highest BCUT2D eigenvalue weighted by Gasteiger charge is 2.07. The molecule has 94 valence electrons. The minimum atomic E-state index is -0.383. The van der Waals surface area contributed by atoms with Crippen LogP contribution >= 0.6 is 23.2 Å². The van der Waals surface area contributed by atoms with Gasteiger partial charge in [-0.25, -0.2) is 4.39 Å². The molecule has 0 heterocycles. The van der Waals surface area contributed by atoms with E-state index in [0.29, 0.717) is 17.1 Å². The molecule has 0 unspecified atom stereocenters. The average Bonchev–Trinajstić information content (AvgIpc) is 2.36. The Kier molecular flexibility index (Phi) is 4.10. The van der Waals surface area contributed by atoms with Crippen molar-refractivity contribution in [3.63, 3.8) is 0 Å². The summed E-state index contributed by atoms with van der Waals surface area (Å²) < 4.78 is 13.7. The molecule has 0 atom stereocenters. The summed E-state index contributed by atoms with van der Waals surface area (Å²) in [4.78, 5) is 0. The first-order valence-electron chi connectivity index (χ1n) is 5.51. The fourth-order valence-corrected chi connectivity index (χ4v) is 2.04. The molecule has 0 aliphatic carbocycles. The predicted octanol–water partition coefficient (Wildman–Crippen LogP) is 5.05. The molecule has 0 radical (unpaired) electrons. The molecule has 0 aliphatic heterocycles. The molecule has 1 nitrogen and oxygen atoms in total. The summed E-state index contributed by atoms with van der Waals surface area (Å²) in [7, 11) is 0. The van der Waals surface area contributed by atoms with Crippen molar-refractivity contribution >= 4 is 28.9 Å². The van der Waals surface area contributed by atoms with E-state index in [1.807, 2.05) is 25.1 Å². The van der Waals surface area contributed by atoms with E-state index in [1.54, 1.807) is 12.1 Å². The second kappa shape index (κ2) is 5.59. The van der Waals surface area contributed by atoms with E-state index in [4.69, 9.17) is 23.2 Å². The van der Waals surface area contributed by atoms with Gasteiger partial charge in [0.2, 0.25) is 0 Å². The van der Waals surface area contributed by atoms with Crippen LogP contribution in [0.1, 0.15) is 11.1 Å². The third-order valence-corrected chi connectivity index (χ3v) is 3.47. The zero-order chi connectivity index (χ0) is 13.1. The van der Waals surface area contributed by atoms with E-state index in [9.17, 15) is 4.39 Å². The van der Waals surface area contributed by atoms with Crippen LogP contribution in [0.2, 0.25) is 10.0 Å². The monoisotopic (exact) mass is 283 g/mol. The second-order valence-electron chi connectivity index (χ2n) is 3.98. The van der Waals surface area contributed by atoms with E-state index < -0.39 is 0 Å². The van der Waals surface area contributed by atoms with Crippen LogP contribution in [0.4, 0.5) is 10.1 Å². The Bertz CT molecular complexity index is 518. The lowest BCUT2D eigenvalue weighted by Gasteiger charge is -2.11. The lowest BCUT2D eigenvalue weighted by Crippen LogP contribution is -2.03. The van der Waals surface area contributed by atoms with Gasteiger partial charge in [-0.3, -0.25) is 0 Å². The standard InChI is InChI=1S/C14H12Cl2FN/c1-9-11(15)5-3-7-13(9)18-8-10-4-2-6-12(16)14(10)17/h2-7,18H,8H2,1H3. The highest BCUT2D eigenvalue weighted by atomic mass is 35.5. The maximum Gasteiger partial charge on any atom is 0.146 e. The Morgan fingerprint density at radius 2 is 1.72 bits per heavy atom. The van der Waals surface area contributed by atoms with Crippen LogP contribution < -0.4 is 5.32 Å². The summed E-state index contributed by atoms with van der Waals surface area (Å²) in [5.74, 6) is -0.383. The highest BCUT2D eigenvalue weighted by molar-refractivity contribution is 6.31. The maximum absolute atomic E-state index is 13.7. The summed E-state index contributed by atoms with van der Waals surface area (Å²) in [6, 6.07) is 10.5. The Balaban J connectivity index is 2.17. The molecular formula is C14H12Cl2FN. The first-order chi connectivity index (χ1) is 8.59. The van der Waals surface area contributed by atoms with E-state index in [0.717, 1.165) is 11.3 Å². The SMILES string of the molecule is Cc1c(Cl)cccc1NCc1cccc(Cl)c1F. The topological polar surface area (TPSA) is 12.0 Å². The maximum atomic E-state index is 13.7. The van der Waals surface area contributed by atoms with Crippen molar-refractivity contribution in [1.82, 2.24) is 0 Å². The molecule has 0 aromatic heterocycles. The fraction of sp³-hybridized carbons (Fsp3) is 0.143. The van der Waals surface area contributed by atoms with Gasteiger partial charge in [0, 0.05) is 22.8 Å². The molecule has 0 amide bonds. The first kappa shape index (κ1) is 13.2. The van der Waals surface area contributed by atoms with Crippen LogP contribution in [0, 0.1) is 12.7 Å². The van der Waals surface area contributed by atoms with Gasteiger partial charge in [0.15, 0.2) is 0 Å². The average molecular weight is 284 g/mol. The molecule has 4 heteroatoms. The van der Waals surface area contributed by atoms with Crippen LogP contribution in [0.3, 0.4) is 0 Å². The number of halogens is 3. The summed E-state index contributed by atoms with van der Waals surface area (Å²) in [6.07, 6.45) is 0. The van der Waals surface area contributed by atoms with Crippen molar-refractivity contribution in [2.45, 2.75) is 13.5 Å². The van der Waals surface area contributed by atoms with Crippen molar-refractivity contribution in [2.24, 2.45) is 0 Å². The Labute approximate surface area is 116 Å². The Morgan fingerprint density at radius 1 is 1.06 bits per heavy atom. The molecule has 0 saturated carbocycles. The number of benzene rings is 2. The quantitative estimate of drug-likeness (QED) is 0.831. The molecule has 1 N–H and O–H groups in total. The molecule has 0 aliphatic rings. The molecule has 2 aromatic carbocycles. The summed E-state index contributed by atoms with van der Waals surface area (Å²) in [6.45, 7) is 2.28. The zero-order valence-corrected chi connectivity index (χ0v) is 11.3. The van der Waals surface area contributed by atoms with Gasteiger partial charge in [-0.1, -0.05) is 41.4 Å². The van der Waals surface area contributed by atoms with Gasteiger partial charge in [0.1, 0.15) is 5.82 Å². The van der Waals surface area contributed by atoms with Crippen molar-refractivity contribution < 1.29 is 4.39 Å².